The van der Waals surface area contributed by atoms with E-state index in [1.54, 1.807) is 0 Å². The van der Waals surface area contributed by atoms with Gasteiger partial charge in [-0.15, -0.1) is 0 Å². The molecule has 0 aliphatic heterocycles. The zero-order chi connectivity index (χ0) is 69.4. The summed E-state index contributed by atoms with van der Waals surface area (Å²) in [5.74, 6) is 0.811. The molecule has 15 aromatic rings. The summed E-state index contributed by atoms with van der Waals surface area (Å²) in [5.41, 5.74) is 34.9. The highest BCUT2D eigenvalue weighted by Gasteiger charge is 2.47. The van der Waals surface area contributed by atoms with Crippen molar-refractivity contribution >= 4 is 40.2 Å². The molecule has 0 saturated heterocycles. The lowest BCUT2D eigenvalue weighted by Crippen LogP contribution is -2.28. The van der Waals surface area contributed by atoms with Crippen LogP contribution in [0.25, 0.3) is 84.0 Å². The van der Waals surface area contributed by atoms with E-state index in [9.17, 15) is 0 Å². The standard InChI is InChI=1S/C100H76N2O/c1-6-67-30-32-68(33-31-67)66-103-85-56-44-78(45-57-85)100(77-24-14-9-15-25-77)96-62-75(73-38-50-81(51-39-73)101(79-46-34-71(35-47-79)69-20-10-7-11-21-69)83-54-60-88-86-26-16-18-28-92(86)98(2,3)94(88)64-83)42-58-90(96)91-59-43-76(63-97(91)100)74-40-52-82(53-41-74)102(80-48-36-72(37-49-80)70-22-12-8-13-23-70)84-55-61-89-87-27-17-19-29-93(87)99(4,5)95(89)65-84/h6-65H,1,66H2,2-5H3. The highest BCUT2D eigenvalue weighted by atomic mass is 16.5. The Kier molecular flexibility index (Phi) is 15.4. The molecule has 0 radical (unpaired) electrons. The fourth-order valence-corrected chi connectivity index (χ4v) is 16.9. The zero-order valence-corrected chi connectivity index (χ0v) is 58.4. The van der Waals surface area contributed by atoms with Crippen LogP contribution >= 0.6 is 0 Å². The summed E-state index contributed by atoms with van der Waals surface area (Å²) in [5, 5.41) is 0. The number of hydrogen-bond acceptors (Lipinski definition) is 3. The van der Waals surface area contributed by atoms with Gasteiger partial charge in [0.05, 0.1) is 5.41 Å². The predicted molar refractivity (Wildman–Crippen MR) is 431 cm³/mol. The number of ether oxygens (including phenoxy) is 1. The molecule has 3 aliphatic carbocycles. The summed E-state index contributed by atoms with van der Waals surface area (Å²) in [6.45, 7) is 13.9. The van der Waals surface area contributed by atoms with E-state index in [2.05, 4.69) is 402 Å². The van der Waals surface area contributed by atoms with E-state index in [0.717, 1.165) is 78.8 Å². The van der Waals surface area contributed by atoms with Gasteiger partial charge in [-0.3, -0.25) is 0 Å². The number of hydrogen-bond donors (Lipinski definition) is 0. The third-order valence-electron chi connectivity index (χ3n) is 22.3. The molecule has 103 heavy (non-hydrogen) atoms. The van der Waals surface area contributed by atoms with Gasteiger partial charge in [0.2, 0.25) is 0 Å². The topological polar surface area (TPSA) is 15.7 Å². The molecule has 492 valence electrons. The normalized spacial score (nSPS) is 13.6. The quantitative estimate of drug-likeness (QED) is 0.0959. The number of benzene rings is 15. The first-order valence-electron chi connectivity index (χ1n) is 35.9. The number of rotatable bonds is 16. The van der Waals surface area contributed by atoms with Crippen molar-refractivity contribution in [2.45, 2.75) is 50.5 Å². The van der Waals surface area contributed by atoms with Gasteiger partial charge in [0.15, 0.2) is 0 Å². The zero-order valence-electron chi connectivity index (χ0n) is 58.4. The van der Waals surface area contributed by atoms with Gasteiger partial charge < -0.3 is 14.5 Å². The van der Waals surface area contributed by atoms with Gasteiger partial charge >= 0.3 is 0 Å². The smallest absolute Gasteiger partial charge is 0.119 e. The van der Waals surface area contributed by atoms with Crippen molar-refractivity contribution in [3.63, 3.8) is 0 Å². The van der Waals surface area contributed by atoms with Crippen LogP contribution in [0.5, 0.6) is 5.75 Å². The van der Waals surface area contributed by atoms with Gasteiger partial charge in [0.25, 0.3) is 0 Å². The van der Waals surface area contributed by atoms with Crippen molar-refractivity contribution in [1.82, 2.24) is 0 Å². The summed E-state index contributed by atoms with van der Waals surface area (Å²) in [6, 6.07) is 133. The molecule has 0 saturated carbocycles. The first-order chi connectivity index (χ1) is 50.5. The minimum absolute atomic E-state index is 0.157. The van der Waals surface area contributed by atoms with Crippen LogP contribution in [0.3, 0.4) is 0 Å². The van der Waals surface area contributed by atoms with E-state index in [4.69, 9.17) is 4.74 Å². The number of fused-ring (bicyclic) bond motifs is 9. The molecule has 0 amide bonds. The molecule has 3 aliphatic rings. The summed E-state index contributed by atoms with van der Waals surface area (Å²) in [4.78, 5) is 4.84. The van der Waals surface area contributed by atoms with E-state index in [1.165, 1.54) is 94.6 Å². The molecule has 0 spiro atoms. The van der Waals surface area contributed by atoms with Crippen LogP contribution in [0, 0.1) is 0 Å². The van der Waals surface area contributed by atoms with Crippen LogP contribution in [0.15, 0.2) is 364 Å². The molecular formula is C100H76N2O. The Balaban J connectivity index is 0.741. The lowest BCUT2D eigenvalue weighted by atomic mass is 9.67. The average molecular weight is 1320 g/mol. The fourth-order valence-electron chi connectivity index (χ4n) is 16.9. The van der Waals surface area contributed by atoms with Gasteiger partial charge in [-0.25, -0.2) is 0 Å². The second-order valence-corrected chi connectivity index (χ2v) is 28.8. The molecule has 0 fully saturated rings. The van der Waals surface area contributed by atoms with Gasteiger partial charge in [-0.1, -0.05) is 301 Å². The molecule has 0 N–H and O–H groups in total. The molecule has 18 rings (SSSR count). The van der Waals surface area contributed by atoms with Crippen molar-refractivity contribution in [1.29, 1.82) is 0 Å². The molecule has 0 aromatic heterocycles. The number of anilines is 6. The Bertz CT molecular complexity index is 5410. The van der Waals surface area contributed by atoms with Crippen LogP contribution in [0.1, 0.15) is 83.3 Å². The lowest BCUT2D eigenvalue weighted by molar-refractivity contribution is 0.306. The maximum atomic E-state index is 6.58. The first kappa shape index (κ1) is 62.7. The maximum absolute atomic E-state index is 6.58. The molecule has 0 heterocycles. The third-order valence-corrected chi connectivity index (χ3v) is 22.3. The van der Waals surface area contributed by atoms with Crippen molar-refractivity contribution in [2.75, 3.05) is 9.80 Å². The van der Waals surface area contributed by atoms with Crippen LogP contribution in [-0.4, -0.2) is 0 Å². The van der Waals surface area contributed by atoms with E-state index in [0.29, 0.717) is 6.61 Å². The van der Waals surface area contributed by atoms with Gasteiger partial charge in [0.1, 0.15) is 12.4 Å². The Morgan fingerprint density at radius 2 is 0.592 bits per heavy atom. The molecule has 0 atom stereocenters. The molecule has 3 heteroatoms. The van der Waals surface area contributed by atoms with Crippen molar-refractivity contribution in [2.24, 2.45) is 0 Å². The van der Waals surface area contributed by atoms with Crippen molar-refractivity contribution in [3.8, 4) is 83.6 Å². The van der Waals surface area contributed by atoms with E-state index in [-0.39, 0.29) is 10.8 Å². The summed E-state index contributed by atoms with van der Waals surface area (Å²) < 4.78 is 6.58. The Hall–Kier alpha value is -12.6. The summed E-state index contributed by atoms with van der Waals surface area (Å²) in [6.07, 6.45) is 1.87. The summed E-state index contributed by atoms with van der Waals surface area (Å²) in [7, 11) is 0. The first-order valence-corrected chi connectivity index (χ1v) is 35.9. The Morgan fingerprint density at radius 3 is 1.01 bits per heavy atom. The highest BCUT2D eigenvalue weighted by Crippen LogP contribution is 2.59. The van der Waals surface area contributed by atoms with Gasteiger partial charge in [-0.2, -0.15) is 0 Å². The summed E-state index contributed by atoms with van der Waals surface area (Å²) >= 11 is 0. The Morgan fingerprint density at radius 1 is 0.272 bits per heavy atom. The van der Waals surface area contributed by atoms with Crippen LogP contribution in [0.2, 0.25) is 0 Å². The minimum atomic E-state index is -0.732. The second kappa shape index (κ2) is 25.3. The van der Waals surface area contributed by atoms with Crippen LogP contribution in [-0.2, 0) is 22.9 Å². The SMILES string of the molecule is C=Cc1ccc(COc2ccc(C3(c4ccccc4)c4cc(-c5ccc(N(c6ccc(-c7ccccc7)cc6)c6ccc7c(c6)C(C)(C)c6ccccc6-7)cc5)ccc4-c4ccc(-c5ccc(N(c6ccc(-c7ccccc7)cc6)c6ccc7c(c6)C(C)(C)c6ccccc6-7)cc5)cc43)cc2)cc1. The van der Waals surface area contributed by atoms with Gasteiger partial charge in [0, 0.05) is 45.0 Å². The molecular weight excluding hydrogens is 1250 g/mol. The molecule has 0 unspecified atom stereocenters. The fraction of sp³-hybridized carbons (Fsp3) is 0.0800. The predicted octanol–water partition coefficient (Wildman–Crippen LogP) is 26.5. The highest BCUT2D eigenvalue weighted by molar-refractivity contribution is 5.93. The number of nitrogens with zero attached hydrogens (tertiary/aromatic N) is 2. The van der Waals surface area contributed by atoms with E-state index in [1.807, 2.05) is 6.08 Å². The average Bonchev–Trinajstić information content (AvgIpc) is 1.54. The van der Waals surface area contributed by atoms with Crippen LogP contribution < -0.4 is 14.5 Å². The minimum Gasteiger partial charge on any atom is -0.489 e. The third kappa shape index (κ3) is 10.7. The van der Waals surface area contributed by atoms with Crippen molar-refractivity contribution < 1.29 is 4.74 Å². The Labute approximate surface area is 605 Å². The largest absolute Gasteiger partial charge is 0.489 e. The van der Waals surface area contributed by atoms with E-state index >= 15 is 0 Å². The molecule has 3 nitrogen and oxygen atoms in total. The monoisotopic (exact) mass is 1320 g/mol. The van der Waals surface area contributed by atoms with Crippen LogP contribution in [0.4, 0.5) is 34.1 Å². The van der Waals surface area contributed by atoms with Crippen molar-refractivity contribution in [3.05, 3.63) is 420 Å². The second-order valence-electron chi connectivity index (χ2n) is 28.8. The molecule has 15 aromatic carbocycles. The van der Waals surface area contributed by atoms with Gasteiger partial charge in [-0.05, 0) is 231 Å². The molecule has 0 bridgehead atoms. The van der Waals surface area contributed by atoms with E-state index < -0.39 is 5.41 Å². The maximum Gasteiger partial charge on any atom is 0.119 e. The lowest BCUT2D eigenvalue weighted by Gasteiger charge is -2.34.